The predicted molar refractivity (Wildman–Crippen MR) is 430 cm³/mol. The number of urea groups is 3. The van der Waals surface area contributed by atoms with Gasteiger partial charge >= 0.3 is 30.3 Å². The average Bonchev–Trinajstić information content (AvgIpc) is 1.68. The van der Waals surface area contributed by atoms with Crippen LogP contribution in [0.5, 0.6) is 0 Å². The number of piperidine rings is 1. The molecule has 0 saturated carbocycles. The first kappa shape index (κ1) is 82.2. The second-order valence-corrected chi connectivity index (χ2v) is 29.2. The van der Waals surface area contributed by atoms with Crippen LogP contribution in [0.1, 0.15) is 122 Å². The number of hydrogen-bond acceptors (Lipinski definition) is 23. The highest BCUT2D eigenvalue weighted by Gasteiger charge is 2.51. The molecule has 117 heavy (non-hydrogen) atoms. The highest BCUT2D eigenvalue weighted by molar-refractivity contribution is 6.06. The van der Waals surface area contributed by atoms with E-state index in [1.54, 1.807) is 40.5 Å². The SMILES string of the molecule is CCOC(=O)N1CCC2C(C#Cc3cccc(C)c3)=NOC21.CCOC(=O)N1CCC2C(C#Cc3cccc(C)n3)=NOC21.CON(C)C(=O)N1CCC2C(C#Cc3cccc(C)n3)=NOC21.Cc1cccc(C#CC2=NOC3C2CCN3C(=O)N2CCCCC2)n1.Cc1cccc(C#CC2=NOC3C2CCN3C(=O)N2CCOCC2)n1. The molecule has 4 aromatic heterocycles. The third-order valence-electron chi connectivity index (χ3n) is 21.1. The van der Waals surface area contributed by atoms with Gasteiger partial charge in [0.1, 0.15) is 51.3 Å². The first-order valence-corrected chi connectivity index (χ1v) is 39.7. The fourth-order valence-corrected chi connectivity index (χ4v) is 15.0. The van der Waals surface area contributed by atoms with Gasteiger partial charge in [-0.25, -0.2) is 49.0 Å². The number of hydroxylamine groups is 2. The summed E-state index contributed by atoms with van der Waals surface area (Å²) in [7, 11) is 3.01. The largest absolute Gasteiger partial charge is 0.450 e. The normalized spacial score (nSPS) is 23.3. The van der Waals surface area contributed by atoms with E-state index in [0.717, 1.165) is 97.8 Å². The zero-order valence-electron chi connectivity index (χ0n) is 67.2. The van der Waals surface area contributed by atoms with E-state index in [2.05, 4.69) is 105 Å². The number of ether oxygens (including phenoxy) is 3. The summed E-state index contributed by atoms with van der Waals surface area (Å²) in [6, 6.07) is 30.7. The third kappa shape index (κ3) is 20.3. The van der Waals surface area contributed by atoms with Crippen molar-refractivity contribution in [1.82, 2.24) is 59.3 Å². The van der Waals surface area contributed by atoms with Crippen LogP contribution < -0.4 is 0 Å². The number of amides is 8. The molecule has 0 spiro atoms. The molecule has 0 radical (unpaired) electrons. The Kier molecular flexibility index (Phi) is 27.4. The Morgan fingerprint density at radius 3 is 1.08 bits per heavy atom. The van der Waals surface area contributed by atoms with Crippen LogP contribution in [0.2, 0.25) is 0 Å². The number of carbonyl (C=O) groups excluding carboxylic acids is 5. The maximum absolute atomic E-state index is 12.7. The van der Waals surface area contributed by atoms with Crippen molar-refractivity contribution in [3.63, 3.8) is 0 Å². The quantitative estimate of drug-likeness (QED) is 0.120. The van der Waals surface area contributed by atoms with Crippen molar-refractivity contribution < 1.29 is 67.2 Å². The lowest BCUT2D eigenvalue weighted by atomic mass is 10.0. The van der Waals surface area contributed by atoms with Crippen LogP contribution in [0.25, 0.3) is 0 Å². The second kappa shape index (κ2) is 39.0. The van der Waals surface area contributed by atoms with Crippen molar-refractivity contribution in [3.05, 3.63) is 154 Å². The summed E-state index contributed by atoms with van der Waals surface area (Å²) < 4.78 is 15.4. The monoisotopic (exact) mass is 1590 g/mol. The average molecular weight is 1590 g/mol. The van der Waals surface area contributed by atoms with Crippen LogP contribution in [0.15, 0.2) is 123 Å². The van der Waals surface area contributed by atoms with Crippen LogP contribution in [-0.4, -0.2) is 249 Å². The number of likely N-dealkylation sites (tertiary alicyclic amines) is 6. The van der Waals surface area contributed by atoms with Gasteiger partial charge in [0.15, 0.2) is 0 Å². The van der Waals surface area contributed by atoms with Gasteiger partial charge in [-0.1, -0.05) is 68.1 Å². The maximum Gasteiger partial charge on any atom is 0.412 e. The number of pyridine rings is 4. The fourth-order valence-electron chi connectivity index (χ4n) is 15.0. The van der Waals surface area contributed by atoms with E-state index in [4.69, 9.17) is 43.2 Å². The van der Waals surface area contributed by atoms with Gasteiger partial charge in [-0.2, -0.15) is 0 Å². The van der Waals surface area contributed by atoms with E-state index in [0.29, 0.717) is 112 Å². The van der Waals surface area contributed by atoms with Crippen molar-refractivity contribution in [2.75, 3.05) is 99.5 Å². The lowest BCUT2D eigenvalue weighted by Gasteiger charge is -2.32. The van der Waals surface area contributed by atoms with Crippen LogP contribution in [0.4, 0.5) is 24.0 Å². The molecular weight excluding hydrogens is 1500 g/mol. The second-order valence-electron chi connectivity index (χ2n) is 29.2. The Labute approximate surface area is 680 Å². The number of rotatable bonds is 3. The Balaban J connectivity index is 0.000000127. The number of oxime groups is 5. The van der Waals surface area contributed by atoms with Gasteiger partial charge in [0, 0.05) is 94.3 Å². The van der Waals surface area contributed by atoms with Crippen molar-refractivity contribution in [3.8, 4) is 59.2 Å². The number of benzene rings is 1. The Morgan fingerprint density at radius 2 is 0.726 bits per heavy atom. The highest BCUT2D eigenvalue weighted by Crippen LogP contribution is 2.37. The molecule has 31 heteroatoms. The zero-order chi connectivity index (χ0) is 81.9. The van der Waals surface area contributed by atoms with E-state index in [1.807, 2.05) is 146 Å². The standard InChI is InChI=1S/C19H22N4O2.C18H20N4O3.C17H18N2O3.C16H18N4O3.C16H17N3O3/c1-14-6-5-7-15(20-14)8-9-17-16-10-13-23(18(16)25-21-17)19(24)22-11-3-2-4-12-22;1-13-3-2-4-14(19-13)5-6-16-15-7-8-22(17(15)25-20-16)18(23)21-9-11-24-12-10-21;1-3-21-17(20)19-10-9-14-15(18-22-16(14)19)8-7-13-6-4-5-12(2)11-13;1-11-5-4-6-12(17-11)7-8-14-13-9-10-20(15(13)23-18-14)16(21)19(2)22-3;1-3-21-16(20)19-10-9-13-14(18-22-15(13)19)8-7-12-6-4-5-11(2)17-12/h5-7,16,18H,2-4,10-13H2,1H3;2-4,15,17H,7-12H2,1H3;4-6,11,14,16H,3,9-10H2,1-2H3;4-6,13,15H,9-10H2,1-3H3;4-6,13,15H,3,9-10H2,1-2H3. The molecular formula is C86H95N17O14. The molecule has 12 aliphatic heterocycles. The first-order valence-electron chi connectivity index (χ1n) is 39.7. The summed E-state index contributed by atoms with van der Waals surface area (Å²) in [5.41, 5.74) is 12.1. The van der Waals surface area contributed by atoms with Gasteiger partial charge in [0.05, 0.1) is 63.1 Å². The summed E-state index contributed by atoms with van der Waals surface area (Å²) in [6.07, 6.45) is 4.86. The van der Waals surface area contributed by atoms with Crippen LogP contribution >= 0.6 is 0 Å². The van der Waals surface area contributed by atoms with Gasteiger partial charge in [0.2, 0.25) is 31.1 Å². The van der Waals surface area contributed by atoms with E-state index < -0.39 is 12.5 Å². The van der Waals surface area contributed by atoms with Gasteiger partial charge in [-0.05, 0) is 219 Å². The zero-order valence-corrected chi connectivity index (χ0v) is 67.2. The molecule has 608 valence electrons. The number of carbonyl (C=O) groups is 5. The van der Waals surface area contributed by atoms with E-state index >= 15 is 0 Å². The smallest absolute Gasteiger partial charge is 0.412 e. The van der Waals surface area contributed by atoms with Crippen molar-refractivity contribution in [1.29, 1.82) is 0 Å². The van der Waals surface area contributed by atoms with Gasteiger partial charge in [0.25, 0.3) is 0 Å². The minimum atomic E-state index is -0.408. The molecule has 5 aromatic rings. The van der Waals surface area contributed by atoms with E-state index in [1.165, 1.54) is 24.2 Å². The number of aryl methyl sites for hydroxylation is 5. The molecule has 0 bridgehead atoms. The molecule has 17 rings (SSSR count). The van der Waals surface area contributed by atoms with E-state index in [-0.39, 0.29) is 78.6 Å². The summed E-state index contributed by atoms with van der Waals surface area (Å²) in [5, 5.41) is 21.5. The first-order chi connectivity index (χ1) is 56.9. The number of morpholine rings is 1. The molecule has 8 amide bonds. The van der Waals surface area contributed by atoms with Crippen LogP contribution in [0.3, 0.4) is 0 Å². The predicted octanol–water partition coefficient (Wildman–Crippen LogP) is 9.47. The number of fused-ring (bicyclic) bond motifs is 5. The number of aromatic nitrogens is 4. The highest BCUT2D eigenvalue weighted by atomic mass is 16.7. The Morgan fingerprint density at radius 1 is 0.402 bits per heavy atom. The lowest BCUT2D eigenvalue weighted by Crippen LogP contribution is -2.50. The molecule has 0 aliphatic carbocycles. The summed E-state index contributed by atoms with van der Waals surface area (Å²) >= 11 is 0. The van der Waals surface area contributed by atoms with Crippen molar-refractivity contribution in [2.24, 2.45) is 55.4 Å². The molecule has 12 aliphatic rings. The minimum Gasteiger partial charge on any atom is -0.450 e. The van der Waals surface area contributed by atoms with E-state index in [9.17, 15) is 24.0 Å². The third-order valence-corrected chi connectivity index (χ3v) is 21.1. The maximum atomic E-state index is 12.7. The van der Waals surface area contributed by atoms with Crippen molar-refractivity contribution in [2.45, 2.75) is 131 Å². The topological polar surface area (TPSA) is 308 Å². The molecule has 10 unspecified atom stereocenters. The van der Waals surface area contributed by atoms with Crippen molar-refractivity contribution >= 4 is 58.8 Å². The molecule has 31 nitrogen and oxygen atoms in total. The van der Waals surface area contributed by atoms with Crippen LogP contribution in [-0.2, 0) is 43.2 Å². The van der Waals surface area contributed by atoms with Gasteiger partial charge in [-0.15, -0.1) is 0 Å². The number of nitrogens with zero attached hydrogens (tertiary/aromatic N) is 17. The fraction of sp³-hybridized carbons (Fsp3) is 0.465. The number of hydrogen-bond donors (Lipinski definition) is 0. The lowest BCUT2D eigenvalue weighted by molar-refractivity contribution is -0.0936. The van der Waals surface area contributed by atoms with Gasteiger partial charge in [-0.3, -0.25) is 29.3 Å². The molecule has 1 aromatic carbocycles. The van der Waals surface area contributed by atoms with Crippen LogP contribution in [0, 0.1) is 123 Å². The minimum absolute atomic E-state index is 0.000519. The Bertz CT molecular complexity index is 4750. The molecule has 16 heterocycles. The summed E-state index contributed by atoms with van der Waals surface area (Å²) in [5.74, 6) is 30.7. The molecule has 10 atom stereocenters. The molecule has 7 saturated heterocycles. The summed E-state index contributed by atoms with van der Waals surface area (Å²) in [6.45, 7) is 21.3. The summed E-state index contributed by atoms with van der Waals surface area (Å²) in [4.78, 5) is 123. The van der Waals surface area contributed by atoms with Gasteiger partial charge < -0.3 is 48.2 Å². The molecule has 7 fully saturated rings. The molecule has 0 N–H and O–H groups in total. The Hall–Kier alpha value is -12.8.